The quantitative estimate of drug-likeness (QED) is 0.810. The summed E-state index contributed by atoms with van der Waals surface area (Å²) in [6, 6.07) is 7.45. The lowest BCUT2D eigenvalue weighted by molar-refractivity contribution is 0.308. The molecular formula is C13H18N2O2. The number of hydrogen-bond donors (Lipinski definition) is 2. The summed E-state index contributed by atoms with van der Waals surface area (Å²) in [5, 5.41) is 9.37. The van der Waals surface area contributed by atoms with Gasteiger partial charge in [0.2, 0.25) is 0 Å². The largest absolute Gasteiger partial charge is 0.508 e. The Balaban J connectivity index is 1.90. The minimum absolute atomic E-state index is 0.171. The zero-order valence-electron chi connectivity index (χ0n) is 9.80. The minimum Gasteiger partial charge on any atom is -0.508 e. The van der Waals surface area contributed by atoms with Crippen molar-refractivity contribution in [3.05, 3.63) is 29.8 Å². The molecule has 0 spiro atoms. The topological polar surface area (TPSA) is 67.8 Å². The van der Waals surface area contributed by atoms with Gasteiger partial charge < -0.3 is 15.6 Å². The van der Waals surface area contributed by atoms with E-state index in [1.54, 1.807) is 12.1 Å². The summed E-state index contributed by atoms with van der Waals surface area (Å²) in [5.74, 6) is 1.12. The van der Waals surface area contributed by atoms with Gasteiger partial charge in [0.25, 0.3) is 0 Å². The van der Waals surface area contributed by atoms with Gasteiger partial charge >= 0.3 is 0 Å². The summed E-state index contributed by atoms with van der Waals surface area (Å²) in [4.78, 5) is 4.51. The van der Waals surface area contributed by atoms with Gasteiger partial charge in [0.05, 0.1) is 6.04 Å². The van der Waals surface area contributed by atoms with Gasteiger partial charge in [-0.25, -0.2) is 4.99 Å². The predicted octanol–water partition coefficient (Wildman–Crippen LogP) is 1.47. The van der Waals surface area contributed by atoms with Crippen LogP contribution in [-0.2, 0) is 11.2 Å². The highest BCUT2D eigenvalue weighted by molar-refractivity contribution is 5.77. The Hall–Kier alpha value is -1.55. The number of aliphatic imine (C=N–C) groups is 1. The number of benzene rings is 1. The Morgan fingerprint density at radius 1 is 1.47 bits per heavy atom. The van der Waals surface area contributed by atoms with E-state index in [4.69, 9.17) is 10.5 Å². The van der Waals surface area contributed by atoms with E-state index in [2.05, 4.69) is 4.99 Å². The first-order valence-electron chi connectivity index (χ1n) is 5.95. The lowest BCUT2D eigenvalue weighted by atomic mass is 10.1. The van der Waals surface area contributed by atoms with E-state index in [1.807, 2.05) is 12.1 Å². The highest BCUT2D eigenvalue weighted by Crippen LogP contribution is 2.17. The molecule has 1 aliphatic heterocycles. The maximum Gasteiger partial charge on any atom is 0.183 e. The fourth-order valence-electron chi connectivity index (χ4n) is 1.92. The lowest BCUT2D eigenvalue weighted by Crippen LogP contribution is -2.09. The van der Waals surface area contributed by atoms with Crippen LogP contribution < -0.4 is 5.73 Å². The molecule has 0 bridgehead atoms. The molecule has 1 aliphatic rings. The molecule has 0 saturated carbocycles. The monoisotopic (exact) mass is 234 g/mol. The van der Waals surface area contributed by atoms with Gasteiger partial charge in [-0.3, -0.25) is 0 Å². The molecule has 4 heteroatoms. The molecule has 92 valence electrons. The highest BCUT2D eigenvalue weighted by Gasteiger charge is 2.18. The molecule has 1 heterocycles. The third kappa shape index (κ3) is 3.46. The number of nitrogens with zero attached hydrogens (tertiary/aromatic N) is 1. The van der Waals surface area contributed by atoms with E-state index in [9.17, 15) is 5.11 Å². The van der Waals surface area contributed by atoms with Crippen LogP contribution in [0.1, 0.15) is 18.4 Å². The average Bonchev–Trinajstić information content (AvgIpc) is 2.74. The molecule has 4 nitrogen and oxygen atoms in total. The first kappa shape index (κ1) is 11.9. The Labute approximate surface area is 101 Å². The molecule has 0 aliphatic carbocycles. The molecule has 0 saturated heterocycles. The number of rotatable bonds is 5. The number of nitrogens with two attached hydrogens (primary N) is 1. The Morgan fingerprint density at radius 3 is 3.12 bits per heavy atom. The van der Waals surface area contributed by atoms with Crippen LogP contribution in [0.15, 0.2) is 29.3 Å². The number of ether oxygens (including phenoxy) is 1. The van der Waals surface area contributed by atoms with Crippen molar-refractivity contribution in [1.82, 2.24) is 0 Å². The zero-order chi connectivity index (χ0) is 12.1. The molecule has 0 radical (unpaired) electrons. The van der Waals surface area contributed by atoms with Gasteiger partial charge in [-0.15, -0.1) is 0 Å². The molecule has 0 fully saturated rings. The van der Waals surface area contributed by atoms with Gasteiger partial charge in [-0.05, 0) is 37.1 Å². The molecule has 1 aromatic rings. The fraction of sp³-hybridized carbons (Fsp3) is 0.462. The molecule has 1 atom stereocenters. The van der Waals surface area contributed by atoms with Crippen molar-refractivity contribution in [3.8, 4) is 5.75 Å². The average molecular weight is 234 g/mol. The Kier molecular flexibility index (Phi) is 3.98. The van der Waals surface area contributed by atoms with Crippen LogP contribution in [-0.4, -0.2) is 30.2 Å². The second kappa shape index (κ2) is 5.68. The van der Waals surface area contributed by atoms with Gasteiger partial charge in [0.1, 0.15) is 12.4 Å². The SMILES string of the molecule is NCCCC1=NC(Cc2cccc(O)c2)CO1. The van der Waals surface area contributed by atoms with E-state index in [0.717, 1.165) is 30.7 Å². The first-order valence-corrected chi connectivity index (χ1v) is 5.95. The van der Waals surface area contributed by atoms with Crippen LogP contribution in [0, 0.1) is 0 Å². The third-order valence-corrected chi connectivity index (χ3v) is 2.75. The normalized spacial score (nSPS) is 18.9. The van der Waals surface area contributed by atoms with Crippen LogP contribution in [0.4, 0.5) is 0 Å². The summed E-state index contributed by atoms with van der Waals surface area (Å²) in [7, 11) is 0. The van der Waals surface area contributed by atoms with Crippen molar-refractivity contribution in [1.29, 1.82) is 0 Å². The van der Waals surface area contributed by atoms with E-state index in [0.29, 0.717) is 18.9 Å². The van der Waals surface area contributed by atoms with Crippen molar-refractivity contribution in [2.45, 2.75) is 25.3 Å². The van der Waals surface area contributed by atoms with Crippen molar-refractivity contribution < 1.29 is 9.84 Å². The first-order chi connectivity index (χ1) is 8.28. The van der Waals surface area contributed by atoms with E-state index in [1.165, 1.54) is 0 Å². The molecule has 1 aromatic carbocycles. The minimum atomic E-state index is 0.171. The van der Waals surface area contributed by atoms with E-state index < -0.39 is 0 Å². The highest BCUT2D eigenvalue weighted by atomic mass is 16.5. The van der Waals surface area contributed by atoms with Gasteiger partial charge in [0, 0.05) is 6.42 Å². The molecule has 3 N–H and O–H groups in total. The van der Waals surface area contributed by atoms with Crippen LogP contribution in [0.5, 0.6) is 5.75 Å². The smallest absolute Gasteiger partial charge is 0.183 e. The van der Waals surface area contributed by atoms with Crippen molar-refractivity contribution in [2.24, 2.45) is 10.7 Å². The molecule has 0 aromatic heterocycles. The predicted molar refractivity (Wildman–Crippen MR) is 67.3 cm³/mol. The number of aromatic hydroxyl groups is 1. The molecular weight excluding hydrogens is 216 g/mol. The summed E-state index contributed by atoms with van der Waals surface area (Å²) >= 11 is 0. The van der Waals surface area contributed by atoms with Crippen LogP contribution in [0.25, 0.3) is 0 Å². The summed E-state index contributed by atoms with van der Waals surface area (Å²) in [5.41, 5.74) is 6.53. The van der Waals surface area contributed by atoms with Crippen LogP contribution >= 0.6 is 0 Å². The van der Waals surface area contributed by atoms with Crippen molar-refractivity contribution in [2.75, 3.05) is 13.2 Å². The van der Waals surface area contributed by atoms with Crippen molar-refractivity contribution in [3.63, 3.8) is 0 Å². The summed E-state index contributed by atoms with van der Waals surface area (Å²) in [6.07, 6.45) is 2.55. The summed E-state index contributed by atoms with van der Waals surface area (Å²) in [6.45, 7) is 1.30. The zero-order valence-corrected chi connectivity index (χ0v) is 9.80. The maximum atomic E-state index is 9.37. The fourth-order valence-corrected chi connectivity index (χ4v) is 1.92. The lowest BCUT2D eigenvalue weighted by Gasteiger charge is -2.05. The molecule has 0 amide bonds. The standard InChI is InChI=1S/C13H18N2O2/c14-6-2-5-13-15-11(9-17-13)7-10-3-1-4-12(16)8-10/h1,3-4,8,11,16H,2,5-7,9,14H2. The summed E-state index contributed by atoms with van der Waals surface area (Å²) < 4.78 is 5.50. The Morgan fingerprint density at radius 2 is 2.35 bits per heavy atom. The molecule has 1 unspecified atom stereocenters. The number of hydrogen-bond acceptors (Lipinski definition) is 4. The van der Waals surface area contributed by atoms with Gasteiger partial charge in [0.15, 0.2) is 5.90 Å². The van der Waals surface area contributed by atoms with E-state index in [-0.39, 0.29) is 6.04 Å². The van der Waals surface area contributed by atoms with Crippen molar-refractivity contribution >= 4 is 5.90 Å². The van der Waals surface area contributed by atoms with Gasteiger partial charge in [-0.1, -0.05) is 12.1 Å². The van der Waals surface area contributed by atoms with Crippen LogP contribution in [0.2, 0.25) is 0 Å². The molecule has 17 heavy (non-hydrogen) atoms. The van der Waals surface area contributed by atoms with Crippen LogP contribution in [0.3, 0.4) is 0 Å². The number of phenols is 1. The Bertz CT molecular complexity index is 404. The van der Waals surface area contributed by atoms with E-state index >= 15 is 0 Å². The third-order valence-electron chi connectivity index (χ3n) is 2.75. The second-order valence-corrected chi connectivity index (χ2v) is 4.25. The van der Waals surface area contributed by atoms with Gasteiger partial charge in [-0.2, -0.15) is 0 Å². The maximum absolute atomic E-state index is 9.37. The molecule has 2 rings (SSSR count). The second-order valence-electron chi connectivity index (χ2n) is 4.25. The number of phenolic OH excluding ortho intramolecular Hbond substituents is 1.